The van der Waals surface area contributed by atoms with Gasteiger partial charge in [-0.3, -0.25) is 0 Å². The van der Waals surface area contributed by atoms with Crippen LogP contribution in [0.1, 0.15) is 44.7 Å². The van der Waals surface area contributed by atoms with Crippen LogP contribution in [-0.4, -0.2) is 26.4 Å². The van der Waals surface area contributed by atoms with E-state index < -0.39 is 0 Å². The molecule has 1 aromatic rings. The molecule has 1 fully saturated rings. The van der Waals surface area contributed by atoms with Crippen LogP contribution in [0.4, 0.5) is 0 Å². The van der Waals surface area contributed by atoms with Gasteiger partial charge in [0.1, 0.15) is 5.75 Å². The summed E-state index contributed by atoms with van der Waals surface area (Å²) < 4.78 is 11.2. The molecule has 1 aliphatic rings. The average Bonchev–Trinajstić information content (AvgIpc) is 3.29. The van der Waals surface area contributed by atoms with Crippen molar-refractivity contribution in [3.05, 3.63) is 29.8 Å². The lowest BCUT2D eigenvalue weighted by Crippen LogP contribution is -2.23. The summed E-state index contributed by atoms with van der Waals surface area (Å²) in [6, 6.07) is 8.71. The zero-order valence-corrected chi connectivity index (χ0v) is 12.7. The van der Waals surface area contributed by atoms with E-state index in [1.807, 2.05) is 12.1 Å². The second kappa shape index (κ2) is 8.28. The minimum absolute atomic E-state index is 0.347. The smallest absolute Gasteiger partial charge is 0.119 e. The highest BCUT2D eigenvalue weighted by Crippen LogP contribution is 2.28. The predicted molar refractivity (Wildman–Crippen MR) is 82.2 cm³/mol. The molecule has 0 aromatic heterocycles. The van der Waals surface area contributed by atoms with Crippen LogP contribution in [0.3, 0.4) is 0 Å². The third kappa shape index (κ3) is 5.51. The molecule has 0 heterocycles. The van der Waals surface area contributed by atoms with Crippen molar-refractivity contribution in [1.82, 2.24) is 5.32 Å². The van der Waals surface area contributed by atoms with Crippen molar-refractivity contribution in [1.29, 1.82) is 0 Å². The van der Waals surface area contributed by atoms with Crippen LogP contribution in [0.25, 0.3) is 0 Å². The molecule has 2 rings (SSSR count). The topological polar surface area (TPSA) is 30.5 Å². The first-order valence-electron chi connectivity index (χ1n) is 7.83. The molecule has 0 saturated heterocycles. The first-order valence-corrected chi connectivity index (χ1v) is 7.83. The molecular weight excluding hydrogens is 250 g/mol. The molecule has 0 spiro atoms. The third-order valence-corrected chi connectivity index (χ3v) is 3.60. The van der Waals surface area contributed by atoms with E-state index in [9.17, 15) is 0 Å². The largest absolute Gasteiger partial charge is 0.494 e. The molecule has 1 atom stereocenters. The Bertz CT molecular complexity index is 373. The van der Waals surface area contributed by atoms with Gasteiger partial charge in [0.2, 0.25) is 0 Å². The van der Waals surface area contributed by atoms with Gasteiger partial charge in [-0.15, -0.1) is 0 Å². The van der Waals surface area contributed by atoms with Crippen molar-refractivity contribution in [3.8, 4) is 5.75 Å². The Morgan fingerprint density at radius 3 is 2.60 bits per heavy atom. The number of hydrogen-bond acceptors (Lipinski definition) is 3. The molecule has 1 unspecified atom stereocenters. The van der Waals surface area contributed by atoms with E-state index in [4.69, 9.17) is 9.47 Å². The highest BCUT2D eigenvalue weighted by atomic mass is 16.5. The summed E-state index contributed by atoms with van der Waals surface area (Å²) in [7, 11) is 0. The first-order chi connectivity index (χ1) is 9.79. The Labute approximate surface area is 122 Å². The van der Waals surface area contributed by atoms with E-state index in [2.05, 4.69) is 31.3 Å². The van der Waals surface area contributed by atoms with Gasteiger partial charge in [0.15, 0.2) is 0 Å². The standard InChI is InChI=1S/C17H27NO2/c1-3-11-20-17-8-6-16(7-9-17)14(2)18-10-12-19-13-15-4-5-15/h6-9,14-15,18H,3-5,10-13H2,1-2H3. The Balaban J connectivity index is 1.64. The molecule has 1 N–H and O–H groups in total. The predicted octanol–water partition coefficient (Wildman–Crippen LogP) is 3.55. The van der Waals surface area contributed by atoms with Crippen LogP contribution in [0.2, 0.25) is 0 Å². The number of nitrogens with one attached hydrogen (secondary N) is 1. The van der Waals surface area contributed by atoms with Crippen molar-refractivity contribution in [2.45, 2.75) is 39.2 Å². The van der Waals surface area contributed by atoms with Gasteiger partial charge in [-0.1, -0.05) is 19.1 Å². The fourth-order valence-electron chi connectivity index (χ4n) is 2.07. The molecule has 3 heteroatoms. The summed E-state index contributed by atoms with van der Waals surface area (Å²) in [6.07, 6.45) is 3.76. The summed E-state index contributed by atoms with van der Waals surface area (Å²) in [5, 5.41) is 3.49. The van der Waals surface area contributed by atoms with Crippen molar-refractivity contribution >= 4 is 0 Å². The SMILES string of the molecule is CCCOc1ccc(C(C)NCCOCC2CC2)cc1. The van der Waals surface area contributed by atoms with Gasteiger partial charge in [-0.05, 0) is 49.8 Å². The average molecular weight is 277 g/mol. The second-order valence-corrected chi connectivity index (χ2v) is 5.61. The van der Waals surface area contributed by atoms with Crippen molar-refractivity contribution < 1.29 is 9.47 Å². The van der Waals surface area contributed by atoms with Crippen molar-refractivity contribution in [2.24, 2.45) is 5.92 Å². The van der Waals surface area contributed by atoms with E-state index >= 15 is 0 Å². The molecular formula is C17H27NO2. The Morgan fingerprint density at radius 1 is 1.20 bits per heavy atom. The van der Waals surface area contributed by atoms with E-state index in [-0.39, 0.29) is 0 Å². The quantitative estimate of drug-likeness (QED) is 0.663. The zero-order valence-electron chi connectivity index (χ0n) is 12.7. The van der Waals surface area contributed by atoms with Gasteiger partial charge >= 0.3 is 0 Å². The normalized spacial score (nSPS) is 16.1. The molecule has 1 aliphatic carbocycles. The van der Waals surface area contributed by atoms with Crippen molar-refractivity contribution in [3.63, 3.8) is 0 Å². The Hall–Kier alpha value is -1.06. The van der Waals surface area contributed by atoms with E-state index in [1.165, 1.54) is 18.4 Å². The van der Waals surface area contributed by atoms with Gasteiger partial charge in [0.25, 0.3) is 0 Å². The maximum atomic E-state index is 5.62. The monoisotopic (exact) mass is 277 g/mol. The number of ether oxygens (including phenoxy) is 2. The minimum Gasteiger partial charge on any atom is -0.494 e. The van der Waals surface area contributed by atoms with Crippen molar-refractivity contribution in [2.75, 3.05) is 26.4 Å². The van der Waals surface area contributed by atoms with Crippen LogP contribution in [0.15, 0.2) is 24.3 Å². The molecule has 0 amide bonds. The second-order valence-electron chi connectivity index (χ2n) is 5.61. The third-order valence-electron chi connectivity index (χ3n) is 3.60. The van der Waals surface area contributed by atoms with Gasteiger partial charge in [0.05, 0.1) is 13.2 Å². The molecule has 0 radical (unpaired) electrons. The molecule has 112 valence electrons. The van der Waals surface area contributed by atoms with E-state index in [1.54, 1.807) is 0 Å². The molecule has 3 nitrogen and oxygen atoms in total. The number of hydrogen-bond donors (Lipinski definition) is 1. The van der Waals surface area contributed by atoms with Crippen LogP contribution in [0, 0.1) is 5.92 Å². The molecule has 0 aliphatic heterocycles. The Morgan fingerprint density at radius 2 is 1.95 bits per heavy atom. The molecule has 20 heavy (non-hydrogen) atoms. The zero-order chi connectivity index (χ0) is 14.2. The molecule has 1 aromatic carbocycles. The first kappa shape index (κ1) is 15.3. The summed E-state index contributed by atoms with van der Waals surface area (Å²) in [6.45, 7) is 7.74. The lowest BCUT2D eigenvalue weighted by Gasteiger charge is -2.15. The lowest BCUT2D eigenvalue weighted by atomic mass is 10.1. The van der Waals surface area contributed by atoms with Crippen LogP contribution in [-0.2, 0) is 4.74 Å². The highest BCUT2D eigenvalue weighted by molar-refractivity contribution is 5.28. The fraction of sp³-hybridized carbons (Fsp3) is 0.647. The fourth-order valence-corrected chi connectivity index (χ4v) is 2.07. The van der Waals surface area contributed by atoms with Gasteiger partial charge in [-0.25, -0.2) is 0 Å². The van der Waals surface area contributed by atoms with Gasteiger partial charge in [0, 0.05) is 19.2 Å². The van der Waals surface area contributed by atoms with Gasteiger partial charge in [-0.2, -0.15) is 0 Å². The summed E-state index contributed by atoms with van der Waals surface area (Å²) >= 11 is 0. The van der Waals surface area contributed by atoms with E-state index in [0.717, 1.165) is 44.5 Å². The summed E-state index contributed by atoms with van der Waals surface area (Å²) in [4.78, 5) is 0. The number of rotatable bonds is 10. The van der Waals surface area contributed by atoms with Gasteiger partial charge < -0.3 is 14.8 Å². The van der Waals surface area contributed by atoms with Crippen LogP contribution in [0.5, 0.6) is 5.75 Å². The molecule has 1 saturated carbocycles. The van der Waals surface area contributed by atoms with Crippen LogP contribution < -0.4 is 10.1 Å². The minimum atomic E-state index is 0.347. The Kier molecular flexibility index (Phi) is 6.34. The van der Waals surface area contributed by atoms with E-state index in [0.29, 0.717) is 6.04 Å². The van der Waals surface area contributed by atoms with Crippen LogP contribution >= 0.6 is 0 Å². The summed E-state index contributed by atoms with van der Waals surface area (Å²) in [5.74, 6) is 1.80. The molecule has 0 bridgehead atoms. The lowest BCUT2D eigenvalue weighted by molar-refractivity contribution is 0.124. The maximum Gasteiger partial charge on any atom is 0.119 e. The number of benzene rings is 1. The summed E-state index contributed by atoms with van der Waals surface area (Å²) in [5.41, 5.74) is 1.29. The highest BCUT2D eigenvalue weighted by Gasteiger charge is 2.20. The maximum absolute atomic E-state index is 5.62.